The van der Waals surface area contributed by atoms with Gasteiger partial charge in [-0.1, -0.05) is 11.6 Å². The smallest absolute Gasteiger partial charge is 0.287 e. The van der Waals surface area contributed by atoms with Crippen molar-refractivity contribution >= 4 is 29.4 Å². The molecule has 7 nitrogen and oxygen atoms in total. The van der Waals surface area contributed by atoms with Crippen LogP contribution < -0.4 is 5.43 Å². The van der Waals surface area contributed by atoms with Crippen molar-refractivity contribution in [2.75, 3.05) is 0 Å². The first-order valence-corrected chi connectivity index (χ1v) is 8.77. The zero-order chi connectivity index (χ0) is 20.3. The average molecular weight is 397 g/mol. The van der Waals surface area contributed by atoms with Crippen molar-refractivity contribution < 1.29 is 9.72 Å². The number of hydrogen-bond donors (Lipinski definition) is 1. The SMILES string of the molecule is Cc1ccc(C)n1-c1ccc(C(=O)N/N=C\c2ccc([N+](=O)[O-])c(Cl)c2)cc1. The van der Waals surface area contributed by atoms with Gasteiger partial charge in [-0.2, -0.15) is 5.10 Å². The maximum absolute atomic E-state index is 12.2. The van der Waals surface area contributed by atoms with Gasteiger partial charge in [0.15, 0.2) is 0 Å². The molecule has 0 aliphatic carbocycles. The van der Waals surface area contributed by atoms with E-state index in [-0.39, 0.29) is 16.6 Å². The Morgan fingerprint density at radius 1 is 1.11 bits per heavy atom. The molecule has 0 radical (unpaired) electrons. The molecule has 0 bridgehead atoms. The summed E-state index contributed by atoms with van der Waals surface area (Å²) in [4.78, 5) is 22.4. The van der Waals surface area contributed by atoms with Gasteiger partial charge in [-0.25, -0.2) is 5.43 Å². The van der Waals surface area contributed by atoms with Crippen LogP contribution in [0.5, 0.6) is 0 Å². The molecular formula is C20H17ClN4O3. The predicted octanol–water partition coefficient (Wildman–Crippen LogP) is 4.42. The van der Waals surface area contributed by atoms with E-state index in [4.69, 9.17) is 11.6 Å². The summed E-state index contributed by atoms with van der Waals surface area (Å²) in [6.45, 7) is 4.04. The van der Waals surface area contributed by atoms with Crippen molar-refractivity contribution in [2.24, 2.45) is 5.10 Å². The van der Waals surface area contributed by atoms with Crippen molar-refractivity contribution in [3.05, 3.63) is 92.2 Å². The Labute approximate surface area is 166 Å². The molecule has 28 heavy (non-hydrogen) atoms. The molecule has 0 atom stereocenters. The van der Waals surface area contributed by atoms with Crippen LogP contribution in [0.2, 0.25) is 5.02 Å². The molecule has 142 valence electrons. The van der Waals surface area contributed by atoms with Gasteiger partial charge in [0.25, 0.3) is 11.6 Å². The molecule has 2 aromatic carbocycles. The van der Waals surface area contributed by atoms with Crippen LogP contribution >= 0.6 is 11.6 Å². The molecular weight excluding hydrogens is 380 g/mol. The molecule has 1 heterocycles. The van der Waals surface area contributed by atoms with Crippen LogP contribution in [0.4, 0.5) is 5.69 Å². The molecule has 0 saturated carbocycles. The van der Waals surface area contributed by atoms with E-state index >= 15 is 0 Å². The number of benzene rings is 2. The van der Waals surface area contributed by atoms with E-state index in [1.165, 1.54) is 24.4 Å². The first-order valence-electron chi connectivity index (χ1n) is 8.39. The predicted molar refractivity (Wildman–Crippen MR) is 108 cm³/mol. The Kier molecular flexibility index (Phi) is 5.56. The highest BCUT2D eigenvalue weighted by molar-refractivity contribution is 6.32. The Morgan fingerprint density at radius 3 is 2.32 bits per heavy atom. The van der Waals surface area contributed by atoms with Crippen molar-refractivity contribution in [3.63, 3.8) is 0 Å². The molecule has 0 unspecified atom stereocenters. The standard InChI is InChI=1S/C20H17ClN4O3/c1-13-3-4-14(2)24(13)17-8-6-16(7-9-17)20(26)23-22-12-15-5-10-19(25(27)28)18(21)11-15/h3-12H,1-2H3,(H,23,26)/b22-12-. The normalized spacial score (nSPS) is 11.0. The third-order valence-electron chi connectivity index (χ3n) is 4.21. The van der Waals surface area contributed by atoms with E-state index in [9.17, 15) is 14.9 Å². The van der Waals surface area contributed by atoms with Crippen LogP contribution in [0.25, 0.3) is 5.69 Å². The third kappa shape index (κ3) is 4.10. The van der Waals surface area contributed by atoms with Gasteiger partial charge in [-0.3, -0.25) is 14.9 Å². The highest BCUT2D eigenvalue weighted by Gasteiger charge is 2.11. The number of carbonyl (C=O) groups excluding carboxylic acids is 1. The maximum Gasteiger partial charge on any atom is 0.287 e. The monoisotopic (exact) mass is 396 g/mol. The first kappa shape index (κ1) is 19.3. The molecule has 0 spiro atoms. The molecule has 3 rings (SSSR count). The van der Waals surface area contributed by atoms with Crippen molar-refractivity contribution in [1.29, 1.82) is 0 Å². The fourth-order valence-electron chi connectivity index (χ4n) is 2.82. The number of aryl methyl sites for hydroxylation is 2. The van der Waals surface area contributed by atoms with Crippen LogP contribution in [0.15, 0.2) is 59.7 Å². The molecule has 0 aliphatic rings. The highest BCUT2D eigenvalue weighted by Crippen LogP contribution is 2.24. The summed E-state index contributed by atoms with van der Waals surface area (Å²) < 4.78 is 2.10. The number of nitro groups is 1. The minimum atomic E-state index is -0.564. The summed E-state index contributed by atoms with van der Waals surface area (Å²) in [5.74, 6) is -0.364. The molecule has 1 amide bonds. The third-order valence-corrected chi connectivity index (χ3v) is 4.51. The van der Waals surface area contributed by atoms with Crippen molar-refractivity contribution in [2.45, 2.75) is 13.8 Å². The van der Waals surface area contributed by atoms with Crippen LogP contribution in [-0.4, -0.2) is 21.6 Å². The number of amides is 1. The summed E-state index contributed by atoms with van der Waals surface area (Å²) in [6.07, 6.45) is 1.37. The molecule has 0 saturated heterocycles. The average Bonchev–Trinajstić information content (AvgIpc) is 3.00. The summed E-state index contributed by atoms with van der Waals surface area (Å²) in [5.41, 5.74) is 6.44. The lowest BCUT2D eigenvalue weighted by Gasteiger charge is -2.10. The molecule has 1 aromatic heterocycles. The lowest BCUT2D eigenvalue weighted by Crippen LogP contribution is -2.17. The molecule has 3 aromatic rings. The second-order valence-electron chi connectivity index (χ2n) is 6.17. The van der Waals surface area contributed by atoms with Crippen LogP contribution in [0, 0.1) is 24.0 Å². The van der Waals surface area contributed by atoms with Crippen LogP contribution in [-0.2, 0) is 0 Å². The van der Waals surface area contributed by atoms with Gasteiger partial charge in [0.05, 0.1) is 11.1 Å². The Hall–Kier alpha value is -3.45. The first-order chi connectivity index (χ1) is 13.4. The second-order valence-corrected chi connectivity index (χ2v) is 6.57. The summed E-state index contributed by atoms with van der Waals surface area (Å²) in [5, 5.41) is 14.6. The number of nitro benzene ring substituents is 1. The summed E-state index contributed by atoms with van der Waals surface area (Å²) in [7, 11) is 0. The second kappa shape index (κ2) is 8.06. The Bertz CT molecular complexity index is 1050. The number of rotatable bonds is 5. The minimum Gasteiger partial charge on any atom is -0.319 e. The fourth-order valence-corrected chi connectivity index (χ4v) is 3.08. The molecule has 0 fully saturated rings. The number of nitrogens with one attached hydrogen (secondary N) is 1. The Balaban J connectivity index is 1.67. The van der Waals surface area contributed by atoms with Gasteiger partial charge in [0.1, 0.15) is 5.02 Å². The van der Waals surface area contributed by atoms with E-state index in [2.05, 4.69) is 15.1 Å². The topological polar surface area (TPSA) is 89.5 Å². The van der Waals surface area contributed by atoms with E-state index in [1.807, 2.05) is 38.1 Å². The van der Waals surface area contributed by atoms with Crippen LogP contribution in [0.1, 0.15) is 27.3 Å². The van der Waals surface area contributed by atoms with E-state index in [1.54, 1.807) is 12.1 Å². The fraction of sp³-hybridized carbons (Fsp3) is 0.100. The Morgan fingerprint density at radius 2 is 1.75 bits per heavy atom. The number of nitrogens with zero attached hydrogens (tertiary/aromatic N) is 3. The van der Waals surface area contributed by atoms with Crippen molar-refractivity contribution in [1.82, 2.24) is 9.99 Å². The van der Waals surface area contributed by atoms with Gasteiger partial charge < -0.3 is 4.57 Å². The van der Waals surface area contributed by atoms with E-state index in [0.29, 0.717) is 11.1 Å². The van der Waals surface area contributed by atoms with Gasteiger partial charge >= 0.3 is 0 Å². The molecule has 0 aliphatic heterocycles. The number of hydrazone groups is 1. The van der Waals surface area contributed by atoms with Gasteiger partial charge in [-0.05, 0) is 67.9 Å². The van der Waals surface area contributed by atoms with Crippen LogP contribution in [0.3, 0.4) is 0 Å². The quantitative estimate of drug-likeness (QED) is 0.393. The van der Waals surface area contributed by atoms with E-state index in [0.717, 1.165) is 17.1 Å². The highest BCUT2D eigenvalue weighted by atomic mass is 35.5. The molecule has 8 heteroatoms. The van der Waals surface area contributed by atoms with Gasteiger partial charge in [-0.15, -0.1) is 0 Å². The largest absolute Gasteiger partial charge is 0.319 e. The lowest BCUT2D eigenvalue weighted by atomic mass is 10.2. The number of aromatic nitrogens is 1. The number of hydrogen-bond acceptors (Lipinski definition) is 4. The minimum absolute atomic E-state index is 0.00599. The lowest BCUT2D eigenvalue weighted by molar-refractivity contribution is -0.384. The summed E-state index contributed by atoms with van der Waals surface area (Å²) in [6, 6.07) is 15.5. The van der Waals surface area contributed by atoms with Gasteiger partial charge in [0.2, 0.25) is 0 Å². The molecule has 1 N–H and O–H groups in total. The van der Waals surface area contributed by atoms with Crippen molar-refractivity contribution in [3.8, 4) is 5.69 Å². The maximum atomic E-state index is 12.2. The number of halogens is 1. The van der Waals surface area contributed by atoms with Gasteiger partial charge in [0, 0.05) is 28.7 Å². The number of carbonyl (C=O) groups is 1. The van der Waals surface area contributed by atoms with E-state index < -0.39 is 4.92 Å². The summed E-state index contributed by atoms with van der Waals surface area (Å²) >= 11 is 5.85. The zero-order valence-corrected chi connectivity index (χ0v) is 16.0. The zero-order valence-electron chi connectivity index (χ0n) is 15.2.